The van der Waals surface area contributed by atoms with Crippen LogP contribution in [0.4, 0.5) is 0 Å². The van der Waals surface area contributed by atoms with E-state index in [1.165, 1.54) is 5.56 Å². The van der Waals surface area contributed by atoms with Gasteiger partial charge in [0.25, 0.3) is 0 Å². The molecule has 2 unspecified atom stereocenters. The van der Waals surface area contributed by atoms with Gasteiger partial charge in [0.15, 0.2) is 0 Å². The quantitative estimate of drug-likeness (QED) is 0.868. The Balaban J connectivity index is 1.80. The van der Waals surface area contributed by atoms with E-state index in [1.807, 2.05) is 35.2 Å². The topological polar surface area (TPSA) is 41.6 Å². The monoisotopic (exact) mass is 352 g/mol. The van der Waals surface area contributed by atoms with Crippen LogP contribution in [0.3, 0.4) is 0 Å². The smallest absolute Gasteiger partial charge is 0.230 e. The third-order valence-corrected chi connectivity index (χ3v) is 5.17. The Morgan fingerprint density at radius 2 is 1.92 bits per heavy atom. The van der Waals surface area contributed by atoms with Crippen LogP contribution in [0.25, 0.3) is 0 Å². The van der Waals surface area contributed by atoms with E-state index in [9.17, 15) is 4.79 Å². The van der Waals surface area contributed by atoms with Gasteiger partial charge < -0.3 is 15.0 Å². The molecule has 1 heterocycles. The zero-order valence-corrected chi connectivity index (χ0v) is 15.7. The van der Waals surface area contributed by atoms with Crippen LogP contribution in [-0.2, 0) is 11.2 Å². The molecular formula is C22H28N2O2. The Hall–Kier alpha value is -2.33. The first-order valence-electron chi connectivity index (χ1n) is 9.38. The van der Waals surface area contributed by atoms with Gasteiger partial charge in [-0.1, -0.05) is 42.5 Å². The summed E-state index contributed by atoms with van der Waals surface area (Å²) < 4.78 is 5.27. The number of ether oxygens (including phenoxy) is 1. The molecule has 1 fully saturated rings. The van der Waals surface area contributed by atoms with Gasteiger partial charge in [0, 0.05) is 25.7 Å². The fourth-order valence-corrected chi connectivity index (χ4v) is 3.59. The molecule has 138 valence electrons. The Bertz CT molecular complexity index is 700. The lowest BCUT2D eigenvalue weighted by atomic mass is 9.90. The minimum Gasteiger partial charge on any atom is -0.497 e. The number of hydrogen-bond acceptors (Lipinski definition) is 3. The highest BCUT2D eigenvalue weighted by Gasteiger charge is 2.30. The number of hydrogen-bond donors (Lipinski definition) is 1. The van der Waals surface area contributed by atoms with Gasteiger partial charge in [0.2, 0.25) is 5.91 Å². The maximum atomic E-state index is 13.4. The van der Waals surface area contributed by atoms with Crippen LogP contribution in [0.15, 0.2) is 54.6 Å². The van der Waals surface area contributed by atoms with E-state index >= 15 is 0 Å². The molecule has 4 nitrogen and oxygen atoms in total. The molecule has 1 amide bonds. The van der Waals surface area contributed by atoms with E-state index in [1.54, 1.807) is 7.11 Å². The third-order valence-electron chi connectivity index (χ3n) is 5.17. The molecule has 4 heteroatoms. The molecule has 1 aliphatic rings. The minimum absolute atomic E-state index is 0.123. The predicted octanol–water partition coefficient (Wildman–Crippen LogP) is 3.23. The Morgan fingerprint density at radius 1 is 1.19 bits per heavy atom. The van der Waals surface area contributed by atoms with E-state index < -0.39 is 0 Å². The SMILES string of the molecule is COc1ccc(C(CCc2ccccc2)C(=O)N2CCNCC2C)cc1. The molecule has 0 saturated carbocycles. The molecule has 26 heavy (non-hydrogen) atoms. The number of nitrogens with zero attached hydrogens (tertiary/aromatic N) is 1. The number of nitrogens with one attached hydrogen (secondary N) is 1. The van der Waals surface area contributed by atoms with Crippen LogP contribution >= 0.6 is 0 Å². The molecular weight excluding hydrogens is 324 g/mol. The summed E-state index contributed by atoms with van der Waals surface area (Å²) in [7, 11) is 1.66. The molecule has 2 aromatic rings. The van der Waals surface area contributed by atoms with Crippen LogP contribution in [0.1, 0.15) is 30.4 Å². The van der Waals surface area contributed by atoms with Gasteiger partial charge in [-0.3, -0.25) is 4.79 Å². The van der Waals surface area contributed by atoms with E-state index in [4.69, 9.17) is 4.74 Å². The Morgan fingerprint density at radius 3 is 2.58 bits per heavy atom. The van der Waals surface area contributed by atoms with Gasteiger partial charge in [-0.2, -0.15) is 0 Å². The molecule has 0 radical (unpaired) electrons. The van der Waals surface area contributed by atoms with Crippen molar-refractivity contribution < 1.29 is 9.53 Å². The molecule has 0 bridgehead atoms. The van der Waals surface area contributed by atoms with E-state index in [0.717, 1.165) is 43.8 Å². The number of benzene rings is 2. The van der Waals surface area contributed by atoms with Gasteiger partial charge in [-0.05, 0) is 43.0 Å². The molecule has 3 rings (SSSR count). The third kappa shape index (κ3) is 4.44. The van der Waals surface area contributed by atoms with Crippen LogP contribution in [-0.4, -0.2) is 43.6 Å². The highest BCUT2D eigenvalue weighted by molar-refractivity contribution is 5.84. The molecule has 0 spiro atoms. The molecule has 1 N–H and O–H groups in total. The molecule has 2 atom stereocenters. The van der Waals surface area contributed by atoms with Crippen molar-refractivity contribution in [3.05, 3.63) is 65.7 Å². The summed E-state index contributed by atoms with van der Waals surface area (Å²) in [5.74, 6) is 0.931. The lowest BCUT2D eigenvalue weighted by Crippen LogP contribution is -2.53. The molecule has 1 aliphatic heterocycles. The van der Waals surface area contributed by atoms with Crippen LogP contribution in [0, 0.1) is 0 Å². The average Bonchev–Trinajstić information content (AvgIpc) is 2.69. The largest absolute Gasteiger partial charge is 0.497 e. The lowest BCUT2D eigenvalue weighted by Gasteiger charge is -2.36. The van der Waals surface area contributed by atoms with Gasteiger partial charge >= 0.3 is 0 Å². The predicted molar refractivity (Wildman–Crippen MR) is 105 cm³/mol. The summed E-state index contributed by atoms with van der Waals surface area (Å²) in [6, 6.07) is 18.6. The summed E-state index contributed by atoms with van der Waals surface area (Å²) in [6.45, 7) is 4.62. The zero-order chi connectivity index (χ0) is 18.4. The number of rotatable bonds is 6. The second-order valence-corrected chi connectivity index (χ2v) is 6.93. The highest BCUT2D eigenvalue weighted by Crippen LogP contribution is 2.27. The molecule has 1 saturated heterocycles. The minimum atomic E-state index is -0.123. The number of carbonyl (C=O) groups excluding carboxylic acids is 1. The first-order chi connectivity index (χ1) is 12.7. The fraction of sp³-hybridized carbons (Fsp3) is 0.409. The van der Waals surface area contributed by atoms with Crippen LogP contribution in [0.5, 0.6) is 5.75 Å². The van der Waals surface area contributed by atoms with Crippen molar-refractivity contribution >= 4 is 5.91 Å². The van der Waals surface area contributed by atoms with Crippen LogP contribution in [0.2, 0.25) is 0 Å². The molecule has 0 aromatic heterocycles. The fourth-order valence-electron chi connectivity index (χ4n) is 3.59. The molecule has 2 aromatic carbocycles. The number of aryl methyl sites for hydroxylation is 1. The average molecular weight is 352 g/mol. The maximum Gasteiger partial charge on any atom is 0.230 e. The number of piperazine rings is 1. The van der Waals surface area contributed by atoms with Crippen molar-refractivity contribution in [2.75, 3.05) is 26.7 Å². The first kappa shape index (κ1) is 18.5. The molecule has 0 aliphatic carbocycles. The van der Waals surface area contributed by atoms with Gasteiger partial charge in [0.05, 0.1) is 13.0 Å². The first-order valence-corrected chi connectivity index (χ1v) is 9.38. The van der Waals surface area contributed by atoms with Crippen molar-refractivity contribution in [3.8, 4) is 5.75 Å². The highest BCUT2D eigenvalue weighted by atomic mass is 16.5. The summed E-state index contributed by atoms with van der Waals surface area (Å²) in [5.41, 5.74) is 2.34. The van der Waals surface area contributed by atoms with Crippen LogP contribution < -0.4 is 10.1 Å². The normalized spacial score (nSPS) is 18.4. The van der Waals surface area contributed by atoms with Gasteiger partial charge in [-0.15, -0.1) is 0 Å². The Labute approximate surface area is 156 Å². The van der Waals surface area contributed by atoms with E-state index in [0.29, 0.717) is 0 Å². The summed E-state index contributed by atoms with van der Waals surface area (Å²) >= 11 is 0. The van der Waals surface area contributed by atoms with Gasteiger partial charge in [0.1, 0.15) is 5.75 Å². The van der Waals surface area contributed by atoms with Crippen molar-refractivity contribution in [1.29, 1.82) is 0 Å². The van der Waals surface area contributed by atoms with Crippen molar-refractivity contribution in [2.45, 2.75) is 31.7 Å². The summed E-state index contributed by atoms with van der Waals surface area (Å²) in [6.07, 6.45) is 1.70. The summed E-state index contributed by atoms with van der Waals surface area (Å²) in [5, 5.41) is 3.36. The van der Waals surface area contributed by atoms with Gasteiger partial charge in [-0.25, -0.2) is 0 Å². The van der Waals surface area contributed by atoms with Crippen molar-refractivity contribution in [3.63, 3.8) is 0 Å². The zero-order valence-electron chi connectivity index (χ0n) is 15.7. The number of amides is 1. The standard InChI is InChI=1S/C22H28N2O2/c1-17-16-23-14-15-24(17)22(25)21(13-8-18-6-4-3-5-7-18)19-9-11-20(26-2)12-10-19/h3-7,9-12,17,21,23H,8,13-16H2,1-2H3. The second kappa shape index (κ2) is 8.86. The lowest BCUT2D eigenvalue weighted by molar-refractivity contribution is -0.135. The number of methoxy groups -OCH3 is 1. The summed E-state index contributed by atoms with van der Waals surface area (Å²) in [4.78, 5) is 15.4. The van der Waals surface area contributed by atoms with Crippen molar-refractivity contribution in [2.24, 2.45) is 0 Å². The Kier molecular flexibility index (Phi) is 6.29. The number of carbonyl (C=O) groups is 1. The maximum absolute atomic E-state index is 13.4. The second-order valence-electron chi connectivity index (χ2n) is 6.93. The van der Waals surface area contributed by atoms with E-state index in [-0.39, 0.29) is 17.9 Å². The van der Waals surface area contributed by atoms with Crippen molar-refractivity contribution in [1.82, 2.24) is 10.2 Å². The van der Waals surface area contributed by atoms with E-state index in [2.05, 4.69) is 36.5 Å².